The van der Waals surface area contributed by atoms with Gasteiger partial charge < -0.3 is 14.6 Å². The zero-order chi connectivity index (χ0) is 22.3. The van der Waals surface area contributed by atoms with Crippen molar-refractivity contribution < 1.29 is 23.8 Å². The largest absolute Gasteiger partial charge is 0.478 e. The second kappa shape index (κ2) is 9.75. The summed E-state index contributed by atoms with van der Waals surface area (Å²) in [6, 6.07) is 26.6. The van der Waals surface area contributed by atoms with E-state index in [1.165, 1.54) is 12.1 Å². The Bertz CT molecular complexity index is 1210. The summed E-state index contributed by atoms with van der Waals surface area (Å²) in [5.74, 6) is -1.51. The third kappa shape index (κ3) is 5.10. The number of rotatable bonds is 8. The van der Waals surface area contributed by atoms with E-state index < -0.39 is 17.3 Å². The molecule has 160 valence electrons. The highest BCUT2D eigenvalue weighted by Gasteiger charge is 2.16. The average Bonchev–Trinajstić information content (AvgIpc) is 2.83. The lowest BCUT2D eigenvalue weighted by atomic mass is 10.0. The molecule has 0 spiro atoms. The molecule has 1 aromatic heterocycles. The third-order valence-electron chi connectivity index (χ3n) is 4.79. The molecule has 0 aliphatic carbocycles. The minimum atomic E-state index is -1.34. The summed E-state index contributed by atoms with van der Waals surface area (Å²) in [6.07, 6.45) is 0. The predicted molar refractivity (Wildman–Crippen MR) is 118 cm³/mol. The molecule has 4 aromatic rings. The lowest BCUT2D eigenvalue weighted by molar-refractivity contribution is 0.0692. The van der Waals surface area contributed by atoms with Crippen LogP contribution in [0.25, 0.3) is 11.1 Å². The number of benzene rings is 3. The van der Waals surface area contributed by atoms with Crippen molar-refractivity contribution >= 4 is 5.97 Å². The van der Waals surface area contributed by atoms with Crippen LogP contribution in [0.5, 0.6) is 11.8 Å². The van der Waals surface area contributed by atoms with Crippen LogP contribution in [0.4, 0.5) is 4.39 Å². The number of pyridine rings is 1. The zero-order valence-electron chi connectivity index (χ0n) is 17.1. The minimum absolute atomic E-state index is 0.260. The number of aromatic carboxylic acids is 1. The van der Waals surface area contributed by atoms with Crippen molar-refractivity contribution in [3.05, 3.63) is 114 Å². The molecule has 5 nitrogen and oxygen atoms in total. The first kappa shape index (κ1) is 21.1. The highest BCUT2D eigenvalue weighted by atomic mass is 19.1. The molecular formula is C26H20FNO4. The number of carboxylic acid groups (broad SMARTS) is 1. The number of carboxylic acids is 1. The quantitative estimate of drug-likeness (QED) is 0.387. The van der Waals surface area contributed by atoms with Crippen molar-refractivity contribution in [3.63, 3.8) is 0 Å². The van der Waals surface area contributed by atoms with Gasteiger partial charge >= 0.3 is 5.97 Å². The highest BCUT2D eigenvalue weighted by molar-refractivity contribution is 5.90. The van der Waals surface area contributed by atoms with E-state index in [1.54, 1.807) is 12.1 Å². The Morgan fingerprint density at radius 1 is 0.812 bits per heavy atom. The van der Waals surface area contributed by atoms with Gasteiger partial charge in [-0.05, 0) is 34.9 Å². The molecule has 0 atom stereocenters. The molecule has 3 aromatic carbocycles. The van der Waals surface area contributed by atoms with Gasteiger partial charge in [-0.15, -0.1) is 0 Å². The first-order chi connectivity index (χ1) is 15.6. The lowest BCUT2D eigenvalue weighted by Crippen LogP contribution is -2.04. The van der Waals surface area contributed by atoms with Crippen LogP contribution >= 0.6 is 0 Å². The maximum Gasteiger partial charge on any atom is 0.338 e. The standard InChI is InChI=1S/C26H20FNO4/c27-23-13-11-20(15-22(23)26(29)30)21-12-14-24(31-16-18-7-3-1-4-8-18)28-25(21)32-17-19-9-5-2-6-10-19/h1-15H,16-17H2,(H,29,30). The summed E-state index contributed by atoms with van der Waals surface area (Å²) in [7, 11) is 0. The van der Waals surface area contributed by atoms with Crippen molar-refractivity contribution in [2.45, 2.75) is 13.2 Å². The van der Waals surface area contributed by atoms with E-state index >= 15 is 0 Å². The molecule has 1 heterocycles. The van der Waals surface area contributed by atoms with E-state index in [0.717, 1.165) is 17.2 Å². The molecular weight excluding hydrogens is 409 g/mol. The van der Waals surface area contributed by atoms with Crippen molar-refractivity contribution in [3.8, 4) is 22.9 Å². The van der Waals surface area contributed by atoms with E-state index in [1.807, 2.05) is 60.7 Å². The molecule has 1 N–H and O–H groups in total. The number of carbonyl (C=O) groups is 1. The second-order valence-corrected chi connectivity index (χ2v) is 7.05. The van der Waals surface area contributed by atoms with E-state index in [0.29, 0.717) is 23.6 Å². The molecule has 0 aliphatic rings. The number of aromatic nitrogens is 1. The van der Waals surface area contributed by atoms with Gasteiger partial charge in [-0.25, -0.2) is 9.18 Å². The van der Waals surface area contributed by atoms with Gasteiger partial charge in [0.25, 0.3) is 0 Å². The number of hydrogen-bond acceptors (Lipinski definition) is 4. The van der Waals surface area contributed by atoms with Crippen LogP contribution in [0.2, 0.25) is 0 Å². The maximum atomic E-state index is 13.9. The molecule has 4 rings (SSSR count). The number of halogens is 1. The summed E-state index contributed by atoms with van der Waals surface area (Å²) in [5.41, 5.74) is 2.54. The van der Waals surface area contributed by atoms with Gasteiger partial charge in [-0.2, -0.15) is 4.98 Å². The molecule has 32 heavy (non-hydrogen) atoms. The van der Waals surface area contributed by atoms with Gasteiger partial charge in [0, 0.05) is 11.6 Å². The van der Waals surface area contributed by atoms with E-state index in [9.17, 15) is 14.3 Å². The Balaban J connectivity index is 1.65. The van der Waals surface area contributed by atoms with Gasteiger partial charge in [0.15, 0.2) is 0 Å². The van der Waals surface area contributed by atoms with Crippen molar-refractivity contribution in [2.75, 3.05) is 0 Å². The summed E-state index contributed by atoms with van der Waals surface area (Å²) in [5, 5.41) is 9.27. The smallest absolute Gasteiger partial charge is 0.338 e. The lowest BCUT2D eigenvalue weighted by Gasteiger charge is -2.14. The normalized spacial score (nSPS) is 10.5. The summed E-state index contributed by atoms with van der Waals surface area (Å²) in [6.45, 7) is 0.598. The molecule has 0 saturated carbocycles. The first-order valence-electron chi connectivity index (χ1n) is 9.98. The molecule has 0 radical (unpaired) electrons. The molecule has 0 saturated heterocycles. The number of nitrogens with zero attached hydrogens (tertiary/aromatic N) is 1. The van der Waals surface area contributed by atoms with Crippen LogP contribution in [-0.2, 0) is 13.2 Å². The van der Waals surface area contributed by atoms with E-state index in [4.69, 9.17) is 9.47 Å². The Kier molecular flexibility index (Phi) is 6.41. The summed E-state index contributed by atoms with van der Waals surface area (Å²) < 4.78 is 25.7. The van der Waals surface area contributed by atoms with E-state index in [-0.39, 0.29) is 12.5 Å². The van der Waals surface area contributed by atoms with E-state index in [2.05, 4.69) is 4.98 Å². The Hall–Kier alpha value is -4.19. The van der Waals surface area contributed by atoms with Crippen LogP contribution in [0.3, 0.4) is 0 Å². The number of ether oxygens (including phenoxy) is 2. The monoisotopic (exact) mass is 429 g/mol. The Labute approximate surface area is 184 Å². The zero-order valence-corrected chi connectivity index (χ0v) is 17.1. The highest BCUT2D eigenvalue weighted by Crippen LogP contribution is 2.32. The number of hydrogen-bond donors (Lipinski definition) is 1. The average molecular weight is 429 g/mol. The van der Waals surface area contributed by atoms with Crippen LogP contribution in [-0.4, -0.2) is 16.1 Å². The minimum Gasteiger partial charge on any atom is -0.478 e. The maximum absolute atomic E-state index is 13.9. The molecule has 0 amide bonds. The summed E-state index contributed by atoms with van der Waals surface area (Å²) >= 11 is 0. The van der Waals surface area contributed by atoms with Crippen LogP contribution in [0, 0.1) is 5.82 Å². The fourth-order valence-electron chi connectivity index (χ4n) is 3.15. The van der Waals surface area contributed by atoms with Gasteiger partial charge in [0.05, 0.1) is 5.56 Å². The summed E-state index contributed by atoms with van der Waals surface area (Å²) in [4.78, 5) is 15.9. The molecule has 0 aliphatic heterocycles. The van der Waals surface area contributed by atoms with Crippen molar-refractivity contribution in [1.82, 2.24) is 4.98 Å². The van der Waals surface area contributed by atoms with Crippen molar-refractivity contribution in [2.24, 2.45) is 0 Å². The van der Waals surface area contributed by atoms with Crippen LogP contribution in [0.15, 0.2) is 91.0 Å². The molecule has 0 fully saturated rings. The Morgan fingerprint density at radius 2 is 1.44 bits per heavy atom. The molecule has 0 unspecified atom stereocenters. The third-order valence-corrected chi connectivity index (χ3v) is 4.79. The van der Waals surface area contributed by atoms with Gasteiger partial charge in [-0.3, -0.25) is 0 Å². The van der Waals surface area contributed by atoms with Crippen LogP contribution in [0.1, 0.15) is 21.5 Å². The molecule has 0 bridgehead atoms. The molecule has 6 heteroatoms. The Morgan fingerprint density at radius 3 is 2.06 bits per heavy atom. The topological polar surface area (TPSA) is 68.7 Å². The van der Waals surface area contributed by atoms with Gasteiger partial charge in [0.1, 0.15) is 19.0 Å². The fourth-order valence-corrected chi connectivity index (χ4v) is 3.15. The van der Waals surface area contributed by atoms with Crippen LogP contribution < -0.4 is 9.47 Å². The second-order valence-electron chi connectivity index (χ2n) is 7.05. The SMILES string of the molecule is O=C(O)c1cc(-c2ccc(OCc3ccccc3)nc2OCc2ccccc2)ccc1F. The van der Waals surface area contributed by atoms with Gasteiger partial charge in [0.2, 0.25) is 11.8 Å². The first-order valence-corrected chi connectivity index (χ1v) is 9.98. The predicted octanol–water partition coefficient (Wildman–Crippen LogP) is 5.74. The van der Waals surface area contributed by atoms with Crippen molar-refractivity contribution in [1.29, 1.82) is 0 Å². The van der Waals surface area contributed by atoms with Gasteiger partial charge in [-0.1, -0.05) is 66.7 Å². The fraction of sp³-hybridized carbons (Fsp3) is 0.0769.